The number of unbranched alkanes of at least 4 members (excludes halogenated alkanes) is 2. The van der Waals surface area contributed by atoms with Crippen molar-refractivity contribution in [1.29, 1.82) is 0 Å². The first-order valence-electron chi connectivity index (χ1n) is 14.9. The largest absolute Gasteiger partial charge is 0.508 e. The third-order valence-electron chi connectivity index (χ3n) is 6.54. The lowest BCUT2D eigenvalue weighted by Gasteiger charge is -2.34. The van der Waals surface area contributed by atoms with Gasteiger partial charge in [0.1, 0.15) is 23.4 Å². The Morgan fingerprint density at radius 2 is 1.60 bits per heavy atom. The number of esters is 1. The lowest BCUT2D eigenvalue weighted by molar-refractivity contribution is -0.144. The van der Waals surface area contributed by atoms with Crippen molar-refractivity contribution in [3.05, 3.63) is 65.2 Å². The van der Waals surface area contributed by atoms with Gasteiger partial charge in [0.15, 0.2) is 0 Å². The minimum absolute atomic E-state index is 0.00629. The molecule has 0 saturated heterocycles. The van der Waals surface area contributed by atoms with E-state index in [1.54, 1.807) is 52.0 Å². The molecule has 10 heteroatoms. The summed E-state index contributed by atoms with van der Waals surface area (Å²) >= 11 is 0. The lowest BCUT2D eigenvalue weighted by Crippen LogP contribution is -2.54. The average Bonchev–Trinajstić information content (AvgIpc) is 2.93. The summed E-state index contributed by atoms with van der Waals surface area (Å²) in [7, 11) is 0. The molecule has 0 aliphatic heterocycles. The molecular weight excluding hydrogens is 550 g/mol. The van der Waals surface area contributed by atoms with Crippen LogP contribution in [0.15, 0.2) is 48.5 Å². The minimum atomic E-state index is -1.07. The monoisotopic (exact) mass is 597 g/mol. The molecule has 2 atom stereocenters. The van der Waals surface area contributed by atoms with Gasteiger partial charge in [0.25, 0.3) is 0 Å². The highest BCUT2D eigenvalue weighted by Crippen LogP contribution is 2.25. The fourth-order valence-corrected chi connectivity index (χ4v) is 4.46. The summed E-state index contributed by atoms with van der Waals surface area (Å²) < 4.78 is 10.4. The number of benzene rings is 2. The van der Waals surface area contributed by atoms with Gasteiger partial charge in [-0.05, 0) is 64.3 Å². The van der Waals surface area contributed by atoms with Crippen LogP contribution >= 0.6 is 0 Å². The van der Waals surface area contributed by atoms with E-state index in [1.165, 1.54) is 17.0 Å². The van der Waals surface area contributed by atoms with Gasteiger partial charge < -0.3 is 30.1 Å². The van der Waals surface area contributed by atoms with Crippen LogP contribution in [0.2, 0.25) is 0 Å². The van der Waals surface area contributed by atoms with Crippen LogP contribution in [-0.4, -0.2) is 65.2 Å². The second-order valence-electron chi connectivity index (χ2n) is 11.5. The van der Waals surface area contributed by atoms with Crippen molar-refractivity contribution in [2.75, 3.05) is 19.7 Å². The lowest BCUT2D eigenvalue weighted by atomic mass is 9.99. The Morgan fingerprint density at radius 3 is 2.19 bits per heavy atom. The van der Waals surface area contributed by atoms with Crippen molar-refractivity contribution >= 4 is 23.9 Å². The minimum Gasteiger partial charge on any atom is -0.508 e. The van der Waals surface area contributed by atoms with Crippen LogP contribution in [0.4, 0.5) is 4.79 Å². The summed E-state index contributed by atoms with van der Waals surface area (Å²) in [6, 6.07) is 11.6. The first kappa shape index (κ1) is 35.1. The number of rotatable bonds is 15. The molecule has 0 aromatic heterocycles. The van der Waals surface area contributed by atoms with Crippen LogP contribution in [-0.2, 0) is 30.3 Å². The summed E-state index contributed by atoms with van der Waals surface area (Å²) in [5.41, 5.74) is 1.50. The number of alkyl carbamates (subject to hydrolysis) is 1. The number of carbonyl (C=O) groups is 4. The molecule has 3 amide bonds. The third-order valence-corrected chi connectivity index (χ3v) is 6.54. The second-order valence-corrected chi connectivity index (χ2v) is 11.5. The van der Waals surface area contributed by atoms with E-state index in [-0.39, 0.29) is 38.3 Å². The molecular formula is C33H47N3O7. The van der Waals surface area contributed by atoms with Gasteiger partial charge in [0.2, 0.25) is 11.8 Å². The highest BCUT2D eigenvalue weighted by Gasteiger charge is 2.36. The van der Waals surface area contributed by atoms with Crippen LogP contribution in [0.1, 0.15) is 83.0 Å². The van der Waals surface area contributed by atoms with Crippen molar-refractivity contribution in [2.45, 2.75) is 91.3 Å². The number of nitrogens with one attached hydrogen (secondary N) is 2. The molecule has 2 unspecified atom stereocenters. The van der Waals surface area contributed by atoms with Crippen LogP contribution in [0.5, 0.6) is 5.75 Å². The Kier molecular flexibility index (Phi) is 14.0. The van der Waals surface area contributed by atoms with Gasteiger partial charge in [-0.3, -0.25) is 14.4 Å². The van der Waals surface area contributed by atoms with Crippen molar-refractivity contribution in [1.82, 2.24) is 15.5 Å². The molecule has 0 radical (unpaired) electrons. The molecule has 0 spiro atoms. The Balaban J connectivity index is 2.50. The summed E-state index contributed by atoms with van der Waals surface area (Å²) in [4.78, 5) is 54.5. The molecule has 2 aromatic rings. The van der Waals surface area contributed by atoms with Gasteiger partial charge in [0.05, 0.1) is 13.0 Å². The molecule has 0 saturated carbocycles. The third kappa shape index (κ3) is 12.4. The highest BCUT2D eigenvalue weighted by atomic mass is 16.6. The molecule has 236 valence electrons. The van der Waals surface area contributed by atoms with Gasteiger partial charge in [0, 0.05) is 19.5 Å². The van der Waals surface area contributed by atoms with Crippen molar-refractivity contribution in [3.63, 3.8) is 0 Å². The zero-order valence-corrected chi connectivity index (χ0v) is 26.3. The maximum absolute atomic E-state index is 14.4. The topological polar surface area (TPSA) is 134 Å². The molecule has 2 aromatic carbocycles. The fourth-order valence-electron chi connectivity index (χ4n) is 4.46. The molecule has 3 N–H and O–H groups in total. The van der Waals surface area contributed by atoms with E-state index in [9.17, 15) is 24.3 Å². The van der Waals surface area contributed by atoms with E-state index >= 15 is 0 Å². The van der Waals surface area contributed by atoms with E-state index < -0.39 is 41.6 Å². The molecule has 43 heavy (non-hydrogen) atoms. The number of hydrogen-bond donors (Lipinski definition) is 3. The molecule has 0 bridgehead atoms. The Bertz CT molecular complexity index is 1190. The maximum atomic E-state index is 14.4. The normalized spacial score (nSPS) is 12.5. The first-order chi connectivity index (χ1) is 20.3. The van der Waals surface area contributed by atoms with Crippen molar-refractivity contribution in [2.24, 2.45) is 0 Å². The summed E-state index contributed by atoms with van der Waals surface area (Å²) in [5.74, 6) is -1.26. The highest BCUT2D eigenvalue weighted by molar-refractivity contribution is 5.92. The van der Waals surface area contributed by atoms with Crippen LogP contribution in [0.25, 0.3) is 0 Å². The Hall–Kier alpha value is -4.08. The predicted molar refractivity (Wildman–Crippen MR) is 164 cm³/mol. The van der Waals surface area contributed by atoms with Crippen LogP contribution < -0.4 is 10.6 Å². The van der Waals surface area contributed by atoms with E-state index in [1.807, 2.05) is 26.0 Å². The smallest absolute Gasteiger partial charge is 0.408 e. The van der Waals surface area contributed by atoms with Crippen LogP contribution in [0.3, 0.4) is 0 Å². The standard InChI is InChI=1S/C33H47N3O7/c1-7-9-10-21-36(29(25-15-11-23(3)12-16-25)30(39)34-20-19-28(38)42-8-2)31(40)27(35-32(41)43-33(4,5)6)22-24-13-17-26(37)18-14-24/h11-18,27,29,37H,7-10,19-22H2,1-6H3,(H,34,39)(H,35,41). The number of amides is 3. The summed E-state index contributed by atoms with van der Waals surface area (Å²) in [6.07, 6.45) is 1.71. The summed E-state index contributed by atoms with van der Waals surface area (Å²) in [5, 5.41) is 15.3. The quantitative estimate of drug-likeness (QED) is 0.195. The van der Waals surface area contributed by atoms with Crippen molar-refractivity contribution in [3.8, 4) is 5.75 Å². The number of aromatic hydroxyl groups is 1. The zero-order chi connectivity index (χ0) is 32.0. The number of hydrogen-bond acceptors (Lipinski definition) is 7. The number of phenols is 1. The fraction of sp³-hybridized carbons (Fsp3) is 0.515. The SMILES string of the molecule is CCCCCN(C(=O)C(Cc1ccc(O)cc1)NC(=O)OC(C)(C)C)C(C(=O)NCCC(=O)OCC)c1ccc(C)cc1. The summed E-state index contributed by atoms with van der Waals surface area (Å²) in [6.45, 7) is 11.4. The number of carbonyl (C=O) groups excluding carboxylic acids is 4. The average molecular weight is 598 g/mol. The number of phenolic OH excluding ortho intramolecular Hbond substituents is 1. The molecule has 10 nitrogen and oxygen atoms in total. The van der Waals surface area contributed by atoms with Gasteiger partial charge >= 0.3 is 12.1 Å². The molecule has 0 aliphatic carbocycles. The van der Waals surface area contributed by atoms with Gasteiger partial charge in [-0.25, -0.2) is 4.79 Å². The zero-order valence-electron chi connectivity index (χ0n) is 26.3. The van der Waals surface area contributed by atoms with Gasteiger partial charge in [-0.15, -0.1) is 0 Å². The van der Waals surface area contributed by atoms with Gasteiger partial charge in [-0.2, -0.15) is 0 Å². The predicted octanol–water partition coefficient (Wildman–Crippen LogP) is 4.97. The maximum Gasteiger partial charge on any atom is 0.408 e. The second kappa shape index (κ2) is 17.1. The van der Waals surface area contributed by atoms with Gasteiger partial charge in [-0.1, -0.05) is 61.7 Å². The molecule has 0 fully saturated rings. The van der Waals surface area contributed by atoms with E-state index in [0.717, 1.165) is 18.4 Å². The van der Waals surface area contributed by atoms with Crippen molar-refractivity contribution < 1.29 is 33.8 Å². The molecule has 0 aliphatic rings. The van der Waals surface area contributed by atoms with E-state index in [0.29, 0.717) is 17.5 Å². The van der Waals surface area contributed by atoms with Crippen LogP contribution in [0, 0.1) is 6.92 Å². The molecule has 0 heterocycles. The Morgan fingerprint density at radius 1 is 0.953 bits per heavy atom. The number of aryl methyl sites for hydroxylation is 1. The Labute approximate surface area is 255 Å². The van der Waals surface area contributed by atoms with E-state index in [4.69, 9.17) is 9.47 Å². The first-order valence-corrected chi connectivity index (χ1v) is 14.9. The van der Waals surface area contributed by atoms with E-state index in [2.05, 4.69) is 10.6 Å². The number of ether oxygens (including phenoxy) is 2. The number of nitrogens with zero attached hydrogens (tertiary/aromatic N) is 1. The molecule has 2 rings (SSSR count).